The number of hydrogen-bond acceptors (Lipinski definition) is 12. The molecule has 0 aromatic rings. The van der Waals surface area contributed by atoms with Crippen LogP contribution < -0.4 is 0 Å². The van der Waals surface area contributed by atoms with Crippen LogP contribution in [0.25, 0.3) is 0 Å². The molecule has 0 amide bonds. The highest BCUT2D eigenvalue weighted by Crippen LogP contribution is 2.71. The lowest BCUT2D eigenvalue weighted by molar-refractivity contribution is -0.371. The second kappa shape index (κ2) is 13.6. The Kier molecular flexibility index (Phi) is 10.00. The van der Waals surface area contributed by atoms with Crippen LogP contribution in [0.5, 0.6) is 0 Å². The van der Waals surface area contributed by atoms with E-state index in [0.717, 1.165) is 45.1 Å². The van der Waals surface area contributed by atoms with Crippen LogP contribution in [0.2, 0.25) is 0 Å². The molecule has 8 fully saturated rings. The van der Waals surface area contributed by atoms with E-state index in [0.29, 0.717) is 41.4 Å². The van der Waals surface area contributed by atoms with Gasteiger partial charge in [-0.3, -0.25) is 0 Å². The van der Waals surface area contributed by atoms with Crippen LogP contribution in [0.4, 0.5) is 0 Å². The summed E-state index contributed by atoms with van der Waals surface area (Å²) in [6.45, 7) is 11.6. The van der Waals surface area contributed by atoms with E-state index in [1.54, 1.807) is 6.92 Å². The van der Waals surface area contributed by atoms with Gasteiger partial charge in [-0.1, -0.05) is 27.7 Å². The lowest BCUT2D eigenvalue weighted by atomic mass is 9.44. The average molecular weight is 725 g/mol. The molecule has 8 aliphatic rings. The fourth-order valence-corrected chi connectivity index (χ4v) is 13.1. The Hall–Kier alpha value is -0.480. The van der Waals surface area contributed by atoms with E-state index < -0.39 is 73.8 Å². The molecule has 292 valence electrons. The second-order valence-corrected chi connectivity index (χ2v) is 18.7. The van der Waals surface area contributed by atoms with E-state index in [9.17, 15) is 30.6 Å². The van der Waals surface area contributed by atoms with E-state index >= 15 is 0 Å². The number of rotatable bonds is 5. The molecular weight excluding hydrogens is 660 g/mol. The van der Waals surface area contributed by atoms with Gasteiger partial charge in [-0.15, -0.1) is 0 Å². The third kappa shape index (κ3) is 5.91. The van der Waals surface area contributed by atoms with Gasteiger partial charge in [-0.2, -0.15) is 0 Å². The first-order chi connectivity index (χ1) is 24.2. The first kappa shape index (κ1) is 37.4. The number of aliphatic hydroxyl groups is 6. The molecule has 6 N–H and O–H groups in total. The average Bonchev–Trinajstić information content (AvgIpc) is 3.56. The van der Waals surface area contributed by atoms with E-state index in [-0.39, 0.29) is 23.0 Å². The Balaban J connectivity index is 0.941. The summed E-state index contributed by atoms with van der Waals surface area (Å²) in [6, 6.07) is 0. The van der Waals surface area contributed by atoms with Gasteiger partial charge < -0.3 is 59.1 Å². The predicted octanol–water partition coefficient (Wildman–Crippen LogP) is 2.47. The third-order valence-corrected chi connectivity index (χ3v) is 16.1. The Labute approximate surface area is 302 Å². The summed E-state index contributed by atoms with van der Waals surface area (Å²) in [5.74, 6) is 3.63. The molecule has 4 aliphatic carbocycles. The molecule has 0 aromatic heterocycles. The number of fused-ring (bicyclic) bond motifs is 7. The van der Waals surface area contributed by atoms with Crippen LogP contribution in [-0.4, -0.2) is 123 Å². The van der Waals surface area contributed by atoms with Crippen molar-refractivity contribution in [3.63, 3.8) is 0 Å². The first-order valence-electron chi connectivity index (χ1n) is 20.2. The highest BCUT2D eigenvalue weighted by atomic mass is 16.8. The van der Waals surface area contributed by atoms with Crippen LogP contribution in [0, 0.1) is 52.3 Å². The standard InChI is InChI=1S/C39H64O12/c1-18-8-13-39(46-17-18)19(2)28-26(51-39)15-25-23-7-6-21-14-22(9-11-37(21,4)24(23)10-12-38(25,28)5)48-36-34(32(44)30(42)27(16-40)49-36)50-35-33(45)31(43)29(41)20(3)47-35/h18-36,40-45H,6-17H2,1-5H3/t18?,19?,20-,21?,22?,23?,24?,25?,26?,27+,28?,29+,30+,31+,32-,33+,34+,35-,36+,37?,38?,39?/m0/s1. The van der Waals surface area contributed by atoms with Crippen LogP contribution >= 0.6 is 0 Å². The summed E-state index contributed by atoms with van der Waals surface area (Å²) in [5, 5.41) is 62.9. The van der Waals surface area contributed by atoms with E-state index in [4.69, 9.17) is 28.4 Å². The van der Waals surface area contributed by atoms with Gasteiger partial charge in [-0.25, -0.2) is 0 Å². The lowest BCUT2D eigenvalue weighted by Gasteiger charge is -2.61. The van der Waals surface area contributed by atoms with Crippen molar-refractivity contribution in [3.8, 4) is 0 Å². The maximum absolute atomic E-state index is 11.1. The van der Waals surface area contributed by atoms with Crippen molar-refractivity contribution in [3.05, 3.63) is 0 Å². The number of hydrogen-bond donors (Lipinski definition) is 6. The zero-order chi connectivity index (χ0) is 36.2. The molecule has 4 aliphatic heterocycles. The first-order valence-corrected chi connectivity index (χ1v) is 20.2. The van der Waals surface area contributed by atoms with E-state index in [1.165, 1.54) is 25.7 Å². The largest absolute Gasteiger partial charge is 0.394 e. The normalized spacial score (nSPS) is 59.9. The minimum absolute atomic E-state index is 0.190. The Morgan fingerprint density at radius 1 is 0.706 bits per heavy atom. The molecule has 12 nitrogen and oxygen atoms in total. The van der Waals surface area contributed by atoms with Gasteiger partial charge in [0.15, 0.2) is 18.4 Å². The molecular formula is C39H64O12. The number of ether oxygens (including phenoxy) is 6. The third-order valence-electron chi connectivity index (χ3n) is 16.1. The Morgan fingerprint density at radius 2 is 1.47 bits per heavy atom. The molecule has 8 rings (SSSR count). The fourth-order valence-electron chi connectivity index (χ4n) is 13.1. The van der Waals surface area contributed by atoms with Crippen LogP contribution in [0.1, 0.15) is 98.8 Å². The van der Waals surface area contributed by atoms with Gasteiger partial charge in [0, 0.05) is 12.3 Å². The maximum atomic E-state index is 11.1. The molecule has 1 spiro atoms. The zero-order valence-electron chi connectivity index (χ0n) is 31.1. The summed E-state index contributed by atoms with van der Waals surface area (Å²) in [7, 11) is 0. The van der Waals surface area contributed by atoms with Crippen molar-refractivity contribution in [2.75, 3.05) is 13.2 Å². The molecule has 51 heavy (non-hydrogen) atoms. The van der Waals surface area contributed by atoms with Crippen LogP contribution in [-0.2, 0) is 28.4 Å². The monoisotopic (exact) mass is 724 g/mol. The maximum Gasteiger partial charge on any atom is 0.187 e. The van der Waals surface area contributed by atoms with Gasteiger partial charge >= 0.3 is 0 Å². The summed E-state index contributed by atoms with van der Waals surface area (Å²) >= 11 is 0. The van der Waals surface area contributed by atoms with Crippen molar-refractivity contribution < 1.29 is 59.1 Å². The van der Waals surface area contributed by atoms with Crippen LogP contribution in [0.3, 0.4) is 0 Å². The molecule has 4 saturated carbocycles. The minimum atomic E-state index is -1.60. The summed E-state index contributed by atoms with van der Waals surface area (Å²) in [5.41, 5.74) is 0.464. The Morgan fingerprint density at radius 3 is 2.20 bits per heavy atom. The molecule has 0 radical (unpaired) electrons. The smallest absolute Gasteiger partial charge is 0.187 e. The predicted molar refractivity (Wildman–Crippen MR) is 182 cm³/mol. The molecule has 12 unspecified atom stereocenters. The van der Waals surface area contributed by atoms with Gasteiger partial charge in [0.05, 0.1) is 31.5 Å². The quantitative estimate of drug-likeness (QED) is 0.229. The van der Waals surface area contributed by atoms with Crippen molar-refractivity contribution in [1.82, 2.24) is 0 Å². The molecule has 4 saturated heterocycles. The number of aliphatic hydroxyl groups excluding tert-OH is 6. The van der Waals surface area contributed by atoms with Gasteiger partial charge in [0.25, 0.3) is 0 Å². The molecule has 4 heterocycles. The van der Waals surface area contributed by atoms with Crippen LogP contribution in [0.15, 0.2) is 0 Å². The molecule has 0 bridgehead atoms. The fraction of sp³-hybridized carbons (Fsp3) is 1.00. The summed E-state index contributed by atoms with van der Waals surface area (Å²) < 4.78 is 37.7. The van der Waals surface area contributed by atoms with Crippen molar-refractivity contribution in [2.45, 2.75) is 178 Å². The van der Waals surface area contributed by atoms with Crippen molar-refractivity contribution in [2.24, 2.45) is 52.3 Å². The highest BCUT2D eigenvalue weighted by Gasteiger charge is 2.69. The van der Waals surface area contributed by atoms with Gasteiger partial charge in [0.2, 0.25) is 0 Å². The van der Waals surface area contributed by atoms with E-state index in [1.807, 2.05) is 0 Å². The molecule has 0 aromatic carbocycles. The molecule has 12 heteroatoms. The van der Waals surface area contributed by atoms with Crippen molar-refractivity contribution >= 4 is 0 Å². The highest BCUT2D eigenvalue weighted by molar-refractivity contribution is 5.15. The SMILES string of the molecule is CC1CCC2(OC1)OC1CC3C4CCC5CC(O[C@@H]6O[C@H](CO)[C@@H](O)[C@H](O)[C@H]6O[C@@H]6O[C@@H](C)[C@@H](O)[C@@H](O)[C@H]6O)CCC5(C)C4CCC3(C)C1C2C. The van der Waals surface area contributed by atoms with Gasteiger partial charge in [-0.05, 0) is 111 Å². The summed E-state index contributed by atoms with van der Waals surface area (Å²) in [6.07, 6.45) is -2.28. The molecule has 22 atom stereocenters. The van der Waals surface area contributed by atoms with E-state index in [2.05, 4.69) is 27.7 Å². The zero-order valence-corrected chi connectivity index (χ0v) is 31.1. The minimum Gasteiger partial charge on any atom is -0.394 e. The second-order valence-electron chi connectivity index (χ2n) is 18.7. The topological polar surface area (TPSA) is 177 Å². The lowest BCUT2D eigenvalue weighted by Crippen LogP contribution is -2.64. The Bertz CT molecular complexity index is 1250. The van der Waals surface area contributed by atoms with Crippen molar-refractivity contribution in [1.29, 1.82) is 0 Å². The summed E-state index contributed by atoms with van der Waals surface area (Å²) in [4.78, 5) is 0. The van der Waals surface area contributed by atoms with Gasteiger partial charge in [0.1, 0.15) is 42.7 Å².